The van der Waals surface area contributed by atoms with E-state index in [-0.39, 0.29) is 12.7 Å². The molecule has 1 aliphatic rings. The minimum atomic E-state index is 0.246. The van der Waals surface area contributed by atoms with E-state index in [0.717, 1.165) is 16.9 Å². The van der Waals surface area contributed by atoms with Crippen molar-refractivity contribution in [2.24, 2.45) is 5.73 Å². The molecular weight excluding hydrogens is 214 g/mol. The molecule has 0 aromatic heterocycles. The third-order valence-electron chi connectivity index (χ3n) is 2.77. The number of hydrogen-bond donors (Lipinski definition) is 1. The highest BCUT2D eigenvalue weighted by Crippen LogP contribution is 2.44. The Morgan fingerprint density at radius 2 is 2.13 bits per heavy atom. The van der Waals surface area contributed by atoms with Crippen LogP contribution in [0.3, 0.4) is 0 Å². The molecule has 0 saturated heterocycles. The molecule has 2 rings (SSSR count). The van der Waals surface area contributed by atoms with Gasteiger partial charge in [0.15, 0.2) is 11.5 Å². The van der Waals surface area contributed by atoms with Crippen LogP contribution < -0.4 is 15.2 Å². The van der Waals surface area contributed by atoms with Gasteiger partial charge in [0.05, 0.1) is 5.02 Å². The van der Waals surface area contributed by atoms with Crippen molar-refractivity contribution >= 4 is 11.6 Å². The van der Waals surface area contributed by atoms with E-state index >= 15 is 0 Å². The number of nitrogens with two attached hydrogens (primary N) is 1. The lowest BCUT2D eigenvalue weighted by atomic mass is 9.95. The van der Waals surface area contributed by atoms with Crippen LogP contribution in [0.25, 0.3) is 0 Å². The summed E-state index contributed by atoms with van der Waals surface area (Å²) in [6.07, 6.45) is 0. The van der Waals surface area contributed by atoms with E-state index in [9.17, 15) is 0 Å². The van der Waals surface area contributed by atoms with Crippen molar-refractivity contribution in [1.82, 2.24) is 0 Å². The predicted octanol–water partition coefficient (Wildman–Crippen LogP) is 2.44. The van der Waals surface area contributed by atoms with Crippen molar-refractivity contribution in [2.75, 3.05) is 13.3 Å². The van der Waals surface area contributed by atoms with Crippen molar-refractivity contribution in [1.29, 1.82) is 0 Å². The van der Waals surface area contributed by atoms with Crippen molar-refractivity contribution < 1.29 is 9.47 Å². The largest absolute Gasteiger partial charge is 0.453 e. The van der Waals surface area contributed by atoms with Crippen LogP contribution in [-0.4, -0.2) is 13.3 Å². The van der Waals surface area contributed by atoms with Crippen molar-refractivity contribution in [3.63, 3.8) is 0 Å². The molecule has 82 valence electrons. The third kappa shape index (κ3) is 1.66. The average Bonchev–Trinajstić information content (AvgIpc) is 2.71. The SMILES string of the molecule is Cc1c(C(C)CN)cc(Cl)c2c1OCO2. The minimum absolute atomic E-state index is 0.246. The van der Waals surface area contributed by atoms with Crippen LogP contribution in [0.4, 0.5) is 0 Å². The van der Waals surface area contributed by atoms with E-state index in [1.165, 1.54) is 0 Å². The first-order valence-corrected chi connectivity index (χ1v) is 5.31. The lowest BCUT2D eigenvalue weighted by Gasteiger charge is -2.14. The molecule has 3 nitrogen and oxygen atoms in total. The van der Waals surface area contributed by atoms with Gasteiger partial charge in [0, 0.05) is 0 Å². The average molecular weight is 228 g/mol. The molecule has 0 saturated carbocycles. The van der Waals surface area contributed by atoms with E-state index in [4.69, 9.17) is 26.8 Å². The fraction of sp³-hybridized carbons (Fsp3) is 0.455. The van der Waals surface area contributed by atoms with Crippen LogP contribution in [0.1, 0.15) is 24.0 Å². The first kappa shape index (κ1) is 10.6. The van der Waals surface area contributed by atoms with E-state index in [0.29, 0.717) is 17.3 Å². The number of fused-ring (bicyclic) bond motifs is 1. The standard InChI is InChI=1S/C11H14ClNO2/c1-6(4-13)8-3-9(12)11-10(7(8)2)14-5-15-11/h3,6H,4-5,13H2,1-2H3. The lowest BCUT2D eigenvalue weighted by Crippen LogP contribution is -2.10. The van der Waals surface area contributed by atoms with Gasteiger partial charge in [-0.05, 0) is 36.6 Å². The van der Waals surface area contributed by atoms with Gasteiger partial charge in [-0.25, -0.2) is 0 Å². The molecule has 0 bridgehead atoms. The van der Waals surface area contributed by atoms with Gasteiger partial charge in [-0.2, -0.15) is 0 Å². The topological polar surface area (TPSA) is 44.5 Å². The molecule has 2 N–H and O–H groups in total. The molecule has 1 aromatic rings. The summed E-state index contributed by atoms with van der Waals surface area (Å²) in [6, 6.07) is 1.92. The fourth-order valence-corrected chi connectivity index (χ4v) is 2.07. The van der Waals surface area contributed by atoms with E-state index in [2.05, 4.69) is 6.92 Å². The molecule has 4 heteroatoms. The zero-order chi connectivity index (χ0) is 11.0. The second kappa shape index (κ2) is 3.91. The van der Waals surface area contributed by atoms with E-state index in [1.807, 2.05) is 13.0 Å². The lowest BCUT2D eigenvalue weighted by molar-refractivity contribution is 0.173. The normalized spacial score (nSPS) is 15.5. The molecule has 0 aliphatic carbocycles. The molecule has 0 radical (unpaired) electrons. The monoisotopic (exact) mass is 227 g/mol. The Morgan fingerprint density at radius 3 is 2.80 bits per heavy atom. The van der Waals surface area contributed by atoms with Crippen molar-refractivity contribution in [3.05, 3.63) is 22.2 Å². The van der Waals surface area contributed by atoms with Crippen LogP contribution in [0.2, 0.25) is 5.02 Å². The first-order chi connectivity index (χ1) is 7.15. The zero-order valence-corrected chi connectivity index (χ0v) is 9.60. The molecule has 15 heavy (non-hydrogen) atoms. The zero-order valence-electron chi connectivity index (χ0n) is 8.84. The molecule has 1 aliphatic heterocycles. The van der Waals surface area contributed by atoms with E-state index < -0.39 is 0 Å². The second-order valence-corrected chi connectivity index (χ2v) is 4.18. The van der Waals surface area contributed by atoms with Gasteiger partial charge >= 0.3 is 0 Å². The van der Waals surface area contributed by atoms with Crippen LogP contribution >= 0.6 is 11.6 Å². The van der Waals surface area contributed by atoms with Crippen molar-refractivity contribution in [3.8, 4) is 11.5 Å². The summed E-state index contributed by atoms with van der Waals surface area (Å²) < 4.78 is 10.7. The van der Waals surface area contributed by atoms with Gasteiger partial charge in [0.2, 0.25) is 6.79 Å². The molecule has 0 spiro atoms. The Kier molecular flexibility index (Phi) is 2.76. The smallest absolute Gasteiger partial charge is 0.231 e. The van der Waals surface area contributed by atoms with Crippen LogP contribution in [0.15, 0.2) is 6.07 Å². The summed E-state index contributed by atoms with van der Waals surface area (Å²) in [5, 5.41) is 0.600. The highest BCUT2D eigenvalue weighted by atomic mass is 35.5. The molecule has 1 heterocycles. The quantitative estimate of drug-likeness (QED) is 0.844. The number of hydrogen-bond acceptors (Lipinski definition) is 3. The highest BCUT2D eigenvalue weighted by Gasteiger charge is 2.23. The summed E-state index contributed by atoms with van der Waals surface area (Å²) in [7, 11) is 0. The summed E-state index contributed by atoms with van der Waals surface area (Å²) in [5.74, 6) is 1.69. The van der Waals surface area contributed by atoms with Crippen LogP contribution in [0.5, 0.6) is 11.5 Å². The first-order valence-electron chi connectivity index (χ1n) is 4.93. The second-order valence-electron chi connectivity index (χ2n) is 3.77. The summed E-state index contributed by atoms with van der Waals surface area (Å²) in [4.78, 5) is 0. The van der Waals surface area contributed by atoms with Gasteiger partial charge in [-0.15, -0.1) is 0 Å². The van der Waals surface area contributed by atoms with Crippen LogP contribution in [-0.2, 0) is 0 Å². The summed E-state index contributed by atoms with van der Waals surface area (Å²) in [5.41, 5.74) is 7.86. The Hall–Kier alpha value is -0.930. The Balaban J connectivity index is 2.54. The number of rotatable bonds is 2. The molecule has 1 unspecified atom stereocenters. The van der Waals surface area contributed by atoms with Gasteiger partial charge < -0.3 is 15.2 Å². The molecular formula is C11H14ClNO2. The van der Waals surface area contributed by atoms with Crippen LogP contribution in [0, 0.1) is 6.92 Å². The molecule has 1 aromatic carbocycles. The number of halogens is 1. The maximum Gasteiger partial charge on any atom is 0.231 e. The van der Waals surface area contributed by atoms with Gasteiger partial charge in [0.25, 0.3) is 0 Å². The predicted molar refractivity (Wildman–Crippen MR) is 59.8 cm³/mol. The fourth-order valence-electron chi connectivity index (χ4n) is 1.81. The summed E-state index contributed by atoms with van der Waals surface area (Å²) >= 11 is 6.10. The maximum absolute atomic E-state index is 6.10. The number of ether oxygens (including phenoxy) is 2. The van der Waals surface area contributed by atoms with Gasteiger partial charge in [-0.1, -0.05) is 18.5 Å². The number of benzene rings is 1. The maximum atomic E-state index is 6.10. The summed E-state index contributed by atoms with van der Waals surface area (Å²) in [6.45, 7) is 4.92. The van der Waals surface area contributed by atoms with Crippen molar-refractivity contribution in [2.45, 2.75) is 19.8 Å². The Labute approximate surface area is 94.1 Å². The minimum Gasteiger partial charge on any atom is -0.453 e. The Morgan fingerprint density at radius 1 is 1.47 bits per heavy atom. The van der Waals surface area contributed by atoms with Gasteiger partial charge in [0.1, 0.15) is 0 Å². The third-order valence-corrected chi connectivity index (χ3v) is 3.05. The van der Waals surface area contributed by atoms with Gasteiger partial charge in [-0.3, -0.25) is 0 Å². The Bertz CT molecular complexity index is 393. The highest BCUT2D eigenvalue weighted by molar-refractivity contribution is 6.32. The molecule has 1 atom stereocenters. The molecule has 0 fully saturated rings. The molecule has 0 amide bonds. The van der Waals surface area contributed by atoms with E-state index in [1.54, 1.807) is 0 Å².